The highest BCUT2D eigenvalue weighted by atomic mass is 35.5. The molecular weight excluding hydrogens is 252 g/mol. The fourth-order valence-corrected chi connectivity index (χ4v) is 3.63. The Balaban J connectivity index is 2.27. The summed E-state index contributed by atoms with van der Waals surface area (Å²) in [5, 5.41) is 11.4. The second-order valence-electron chi connectivity index (χ2n) is 4.31. The molecule has 0 radical (unpaired) electrons. The lowest BCUT2D eigenvalue weighted by Gasteiger charge is -2.33. The number of hydrogen-bond donors (Lipinski definition) is 1. The quantitative estimate of drug-likeness (QED) is 0.773. The van der Waals surface area contributed by atoms with Gasteiger partial charge in [0.05, 0.1) is 0 Å². The number of rotatable bonds is 0. The van der Waals surface area contributed by atoms with Crippen LogP contribution in [-0.2, 0) is 5.60 Å². The van der Waals surface area contributed by atoms with E-state index < -0.39 is 5.60 Å². The van der Waals surface area contributed by atoms with Gasteiger partial charge in [0.15, 0.2) is 0 Å². The third kappa shape index (κ3) is 1.68. The van der Waals surface area contributed by atoms with Crippen molar-refractivity contribution in [3.8, 4) is 0 Å². The van der Waals surface area contributed by atoms with E-state index >= 15 is 0 Å². The van der Waals surface area contributed by atoms with Crippen LogP contribution < -0.4 is 0 Å². The van der Waals surface area contributed by atoms with Crippen LogP contribution in [0.5, 0.6) is 0 Å². The zero-order valence-electron chi connectivity index (χ0n) is 9.27. The molecule has 0 bridgehead atoms. The van der Waals surface area contributed by atoms with E-state index in [1.807, 2.05) is 49.4 Å². The van der Waals surface area contributed by atoms with E-state index in [1.54, 1.807) is 11.8 Å². The number of aliphatic hydroxyl groups is 1. The summed E-state index contributed by atoms with van der Waals surface area (Å²) in [7, 11) is 0. The van der Waals surface area contributed by atoms with Crippen LogP contribution in [0.4, 0.5) is 0 Å². The first kappa shape index (κ1) is 11.1. The summed E-state index contributed by atoms with van der Waals surface area (Å²) in [5.74, 6) is 0. The molecule has 0 aromatic heterocycles. The van der Waals surface area contributed by atoms with Crippen molar-refractivity contribution in [2.24, 2.45) is 0 Å². The molecule has 1 unspecified atom stereocenters. The molecule has 3 rings (SSSR count). The molecule has 3 heteroatoms. The van der Waals surface area contributed by atoms with Gasteiger partial charge in [-0.1, -0.05) is 41.6 Å². The third-order valence-electron chi connectivity index (χ3n) is 3.10. The Morgan fingerprint density at radius 2 is 1.76 bits per heavy atom. The van der Waals surface area contributed by atoms with Gasteiger partial charge in [-0.05, 0) is 31.2 Å². The molecule has 86 valence electrons. The fourth-order valence-electron chi connectivity index (χ4n) is 2.19. The van der Waals surface area contributed by atoms with E-state index in [0.717, 1.165) is 20.9 Å². The van der Waals surface area contributed by atoms with Gasteiger partial charge in [0.25, 0.3) is 0 Å². The lowest BCUT2D eigenvalue weighted by Crippen LogP contribution is -2.26. The second kappa shape index (κ2) is 3.77. The molecule has 0 saturated heterocycles. The van der Waals surface area contributed by atoms with Crippen molar-refractivity contribution in [1.29, 1.82) is 0 Å². The maximum atomic E-state index is 10.7. The van der Waals surface area contributed by atoms with Crippen LogP contribution in [0.15, 0.2) is 52.3 Å². The summed E-state index contributed by atoms with van der Waals surface area (Å²) in [4.78, 5) is 2.17. The molecule has 2 aromatic rings. The summed E-state index contributed by atoms with van der Waals surface area (Å²) >= 11 is 7.69. The van der Waals surface area contributed by atoms with Crippen LogP contribution in [0.3, 0.4) is 0 Å². The highest BCUT2D eigenvalue weighted by Crippen LogP contribution is 2.48. The molecule has 1 aliphatic heterocycles. The highest BCUT2D eigenvalue weighted by Gasteiger charge is 2.34. The molecule has 0 amide bonds. The molecule has 0 saturated carbocycles. The van der Waals surface area contributed by atoms with E-state index in [0.29, 0.717) is 5.02 Å². The Hall–Kier alpha value is -0.960. The predicted molar refractivity (Wildman–Crippen MR) is 70.7 cm³/mol. The zero-order chi connectivity index (χ0) is 12.0. The molecule has 0 spiro atoms. The van der Waals surface area contributed by atoms with E-state index in [9.17, 15) is 5.11 Å². The number of hydrogen-bond acceptors (Lipinski definition) is 2. The van der Waals surface area contributed by atoms with Crippen molar-refractivity contribution in [3.63, 3.8) is 0 Å². The van der Waals surface area contributed by atoms with E-state index in [-0.39, 0.29) is 0 Å². The van der Waals surface area contributed by atoms with E-state index in [4.69, 9.17) is 11.6 Å². The van der Waals surface area contributed by atoms with Crippen LogP contribution >= 0.6 is 23.4 Å². The van der Waals surface area contributed by atoms with Crippen molar-refractivity contribution in [3.05, 3.63) is 58.6 Å². The normalized spacial score (nSPS) is 21.8. The summed E-state index contributed by atoms with van der Waals surface area (Å²) in [5.41, 5.74) is 0.857. The minimum absolute atomic E-state index is 0.656. The largest absolute Gasteiger partial charge is 0.381 e. The van der Waals surface area contributed by atoms with Crippen molar-refractivity contribution in [2.75, 3.05) is 0 Å². The topological polar surface area (TPSA) is 20.2 Å². The molecule has 1 nitrogen and oxygen atoms in total. The average molecular weight is 263 g/mol. The van der Waals surface area contributed by atoms with Gasteiger partial charge in [-0.2, -0.15) is 0 Å². The van der Waals surface area contributed by atoms with Gasteiger partial charge < -0.3 is 5.11 Å². The highest BCUT2D eigenvalue weighted by molar-refractivity contribution is 7.99. The van der Waals surface area contributed by atoms with Gasteiger partial charge in [0.2, 0.25) is 0 Å². The smallest absolute Gasteiger partial charge is 0.114 e. The third-order valence-corrected chi connectivity index (χ3v) is 4.48. The molecule has 1 heterocycles. The molecule has 0 fully saturated rings. The zero-order valence-corrected chi connectivity index (χ0v) is 10.8. The van der Waals surface area contributed by atoms with Crippen LogP contribution in [0.1, 0.15) is 18.1 Å². The lowest BCUT2D eigenvalue weighted by atomic mass is 9.88. The molecular formula is C14H11ClOS. The second-order valence-corrected chi connectivity index (χ2v) is 5.83. The van der Waals surface area contributed by atoms with Crippen molar-refractivity contribution >= 4 is 23.4 Å². The SMILES string of the molecule is CC1(O)c2ccccc2Sc2ccc(Cl)cc21. The number of halogens is 1. The Morgan fingerprint density at radius 3 is 2.59 bits per heavy atom. The molecule has 1 atom stereocenters. The first-order chi connectivity index (χ1) is 8.09. The molecule has 1 aliphatic rings. The Morgan fingerprint density at radius 1 is 1.06 bits per heavy atom. The van der Waals surface area contributed by atoms with Crippen molar-refractivity contribution in [1.82, 2.24) is 0 Å². The maximum Gasteiger partial charge on any atom is 0.114 e. The number of fused-ring (bicyclic) bond motifs is 2. The Labute approximate surface area is 109 Å². The van der Waals surface area contributed by atoms with Gasteiger partial charge in [-0.3, -0.25) is 0 Å². The first-order valence-corrected chi connectivity index (χ1v) is 6.58. The lowest BCUT2D eigenvalue weighted by molar-refractivity contribution is 0.0952. The van der Waals surface area contributed by atoms with Crippen molar-refractivity contribution < 1.29 is 5.11 Å². The summed E-state index contributed by atoms with van der Waals surface area (Å²) in [6.07, 6.45) is 0. The monoisotopic (exact) mass is 262 g/mol. The molecule has 17 heavy (non-hydrogen) atoms. The van der Waals surface area contributed by atoms with Gasteiger partial charge in [-0.25, -0.2) is 0 Å². The van der Waals surface area contributed by atoms with Gasteiger partial charge in [0.1, 0.15) is 5.60 Å². The van der Waals surface area contributed by atoms with Gasteiger partial charge >= 0.3 is 0 Å². The first-order valence-electron chi connectivity index (χ1n) is 5.39. The van der Waals surface area contributed by atoms with E-state index in [1.165, 1.54) is 0 Å². The maximum absolute atomic E-state index is 10.7. The van der Waals surface area contributed by atoms with Crippen molar-refractivity contribution in [2.45, 2.75) is 22.3 Å². The van der Waals surface area contributed by atoms with E-state index in [2.05, 4.69) is 0 Å². The molecule has 2 aromatic carbocycles. The molecule has 0 aliphatic carbocycles. The summed E-state index contributed by atoms with van der Waals surface area (Å²) < 4.78 is 0. The molecule has 1 N–H and O–H groups in total. The van der Waals surface area contributed by atoms with Gasteiger partial charge in [-0.15, -0.1) is 0 Å². The van der Waals surface area contributed by atoms with Crippen LogP contribution in [0, 0.1) is 0 Å². The Kier molecular flexibility index (Phi) is 2.47. The number of benzene rings is 2. The average Bonchev–Trinajstić information content (AvgIpc) is 2.31. The van der Waals surface area contributed by atoms with Crippen LogP contribution in [0.25, 0.3) is 0 Å². The minimum Gasteiger partial charge on any atom is -0.381 e. The predicted octanol–water partition coefficient (Wildman–Crippen LogP) is 4.06. The summed E-state index contributed by atoms with van der Waals surface area (Å²) in [6.45, 7) is 1.82. The van der Waals surface area contributed by atoms with Crippen LogP contribution in [-0.4, -0.2) is 5.11 Å². The standard InChI is InChI=1S/C14H11ClOS/c1-14(16)10-4-2-3-5-12(10)17-13-7-6-9(15)8-11(13)14/h2-8,16H,1H3. The summed E-state index contributed by atoms with van der Waals surface area (Å²) in [6, 6.07) is 13.6. The minimum atomic E-state index is -0.970. The Bertz CT molecular complexity index is 593. The van der Waals surface area contributed by atoms with Gasteiger partial charge in [0, 0.05) is 25.9 Å². The fraction of sp³-hybridized carbons (Fsp3) is 0.143. The van der Waals surface area contributed by atoms with Crippen LogP contribution in [0.2, 0.25) is 5.02 Å².